The first-order chi connectivity index (χ1) is 8.58. The van der Waals surface area contributed by atoms with Gasteiger partial charge in [0, 0.05) is 17.6 Å². The molecule has 2 rings (SSSR count). The highest BCUT2D eigenvalue weighted by Crippen LogP contribution is 2.20. The van der Waals surface area contributed by atoms with Gasteiger partial charge in [-0.25, -0.2) is 9.37 Å². The van der Waals surface area contributed by atoms with Crippen molar-refractivity contribution in [3.8, 4) is 5.75 Å². The van der Waals surface area contributed by atoms with Crippen molar-refractivity contribution >= 4 is 17.2 Å². The Hall–Kier alpha value is -1.95. The van der Waals surface area contributed by atoms with Crippen molar-refractivity contribution in [1.29, 1.82) is 0 Å². The summed E-state index contributed by atoms with van der Waals surface area (Å²) < 4.78 is 12.8. The fourth-order valence-electron chi connectivity index (χ4n) is 1.48. The van der Waals surface area contributed by atoms with Crippen molar-refractivity contribution in [2.24, 2.45) is 0 Å². The van der Waals surface area contributed by atoms with Gasteiger partial charge in [0.1, 0.15) is 16.6 Å². The van der Waals surface area contributed by atoms with E-state index in [4.69, 9.17) is 0 Å². The van der Waals surface area contributed by atoms with E-state index in [0.29, 0.717) is 0 Å². The predicted molar refractivity (Wildman–Crippen MR) is 66.1 cm³/mol. The van der Waals surface area contributed by atoms with Crippen molar-refractivity contribution in [2.75, 3.05) is 0 Å². The smallest absolute Gasteiger partial charge is 0.255 e. The number of carbonyl (C=O) groups excluding carboxylic acids is 1. The average molecular weight is 266 g/mol. The van der Waals surface area contributed by atoms with E-state index in [1.54, 1.807) is 13.1 Å². The van der Waals surface area contributed by atoms with Crippen LogP contribution in [0.3, 0.4) is 0 Å². The second-order valence-electron chi connectivity index (χ2n) is 3.73. The summed E-state index contributed by atoms with van der Waals surface area (Å²) >= 11 is 1.43. The zero-order valence-corrected chi connectivity index (χ0v) is 10.4. The number of aromatic nitrogens is 1. The van der Waals surface area contributed by atoms with E-state index in [-0.39, 0.29) is 17.4 Å². The maximum absolute atomic E-state index is 12.8. The van der Waals surface area contributed by atoms with Crippen molar-refractivity contribution in [3.63, 3.8) is 0 Å². The number of aromatic hydroxyl groups is 1. The molecule has 0 saturated heterocycles. The summed E-state index contributed by atoms with van der Waals surface area (Å²) in [4.78, 5) is 15.9. The van der Waals surface area contributed by atoms with Gasteiger partial charge in [-0.05, 0) is 19.1 Å². The first-order valence-corrected chi connectivity index (χ1v) is 6.14. The number of nitrogens with one attached hydrogen (secondary N) is 1. The molecule has 1 aromatic carbocycles. The fraction of sp³-hybridized carbons (Fsp3) is 0.167. The number of benzene rings is 1. The third kappa shape index (κ3) is 2.65. The number of halogens is 1. The monoisotopic (exact) mass is 266 g/mol. The van der Waals surface area contributed by atoms with E-state index >= 15 is 0 Å². The van der Waals surface area contributed by atoms with Crippen LogP contribution in [-0.2, 0) is 0 Å². The van der Waals surface area contributed by atoms with E-state index in [0.717, 1.165) is 17.1 Å². The zero-order valence-electron chi connectivity index (χ0n) is 9.55. The summed E-state index contributed by atoms with van der Waals surface area (Å²) in [7, 11) is 0. The number of amides is 1. The molecule has 4 nitrogen and oxygen atoms in total. The van der Waals surface area contributed by atoms with Crippen LogP contribution in [0.25, 0.3) is 0 Å². The molecular weight excluding hydrogens is 255 g/mol. The maximum Gasteiger partial charge on any atom is 0.255 e. The van der Waals surface area contributed by atoms with E-state index in [1.165, 1.54) is 17.4 Å². The fourth-order valence-corrected chi connectivity index (χ4v) is 2.13. The molecule has 0 bridgehead atoms. The second kappa shape index (κ2) is 5.14. The lowest BCUT2D eigenvalue weighted by atomic mass is 10.1. The maximum atomic E-state index is 12.8. The second-order valence-corrected chi connectivity index (χ2v) is 4.65. The van der Waals surface area contributed by atoms with Crippen LogP contribution in [0.4, 0.5) is 4.39 Å². The highest BCUT2D eigenvalue weighted by molar-refractivity contribution is 7.09. The van der Waals surface area contributed by atoms with Gasteiger partial charge in [0.25, 0.3) is 5.91 Å². The average Bonchev–Trinajstić information content (AvgIpc) is 2.81. The SMILES string of the molecule is CC(NC(=O)c1ccc(F)cc1O)c1nccs1. The Morgan fingerprint density at radius 3 is 2.94 bits per heavy atom. The van der Waals surface area contributed by atoms with Crippen molar-refractivity contribution < 1.29 is 14.3 Å². The number of hydrogen-bond donors (Lipinski definition) is 2. The summed E-state index contributed by atoms with van der Waals surface area (Å²) in [5.74, 6) is -1.42. The van der Waals surface area contributed by atoms with E-state index in [1.807, 2.05) is 5.38 Å². The largest absolute Gasteiger partial charge is 0.507 e. The van der Waals surface area contributed by atoms with Gasteiger partial charge in [0.2, 0.25) is 0 Å². The third-order valence-electron chi connectivity index (χ3n) is 2.37. The number of nitrogens with zero attached hydrogens (tertiary/aromatic N) is 1. The quantitative estimate of drug-likeness (QED) is 0.897. The summed E-state index contributed by atoms with van der Waals surface area (Å²) in [5, 5.41) is 14.8. The molecule has 1 aromatic heterocycles. The highest BCUT2D eigenvalue weighted by atomic mass is 32.1. The molecule has 0 radical (unpaired) electrons. The first kappa shape index (κ1) is 12.5. The molecule has 0 spiro atoms. The minimum absolute atomic E-state index is 0.0415. The Labute approximate surface area is 107 Å². The molecule has 94 valence electrons. The molecule has 18 heavy (non-hydrogen) atoms. The molecule has 0 aliphatic heterocycles. The lowest BCUT2D eigenvalue weighted by molar-refractivity contribution is 0.0937. The van der Waals surface area contributed by atoms with Crippen LogP contribution in [0, 0.1) is 5.82 Å². The van der Waals surface area contributed by atoms with Crippen molar-refractivity contribution in [2.45, 2.75) is 13.0 Å². The van der Waals surface area contributed by atoms with Gasteiger partial charge in [0.15, 0.2) is 0 Å². The molecule has 6 heteroatoms. The summed E-state index contributed by atoms with van der Waals surface area (Å²) in [6, 6.07) is 3.02. The number of thiazole rings is 1. The van der Waals surface area contributed by atoms with Crippen LogP contribution >= 0.6 is 11.3 Å². The van der Waals surface area contributed by atoms with Gasteiger partial charge in [0.05, 0.1) is 11.6 Å². The van der Waals surface area contributed by atoms with Gasteiger partial charge in [-0.2, -0.15) is 0 Å². The van der Waals surface area contributed by atoms with E-state index in [9.17, 15) is 14.3 Å². The summed E-state index contributed by atoms with van der Waals surface area (Å²) in [6.07, 6.45) is 1.65. The minimum Gasteiger partial charge on any atom is -0.507 e. The van der Waals surface area contributed by atoms with Crippen LogP contribution in [0.5, 0.6) is 5.75 Å². The Morgan fingerprint density at radius 2 is 2.33 bits per heavy atom. The van der Waals surface area contributed by atoms with Gasteiger partial charge >= 0.3 is 0 Å². The predicted octanol–water partition coefficient (Wildman–Crippen LogP) is 2.48. The lowest BCUT2D eigenvalue weighted by Gasteiger charge is -2.11. The standard InChI is InChI=1S/C12H11FN2O2S/c1-7(12-14-4-5-18-12)15-11(17)9-3-2-8(13)6-10(9)16/h2-7,16H,1H3,(H,15,17). The van der Waals surface area contributed by atoms with Crippen LogP contribution in [0.1, 0.15) is 28.3 Å². The molecule has 0 fully saturated rings. The normalized spacial score (nSPS) is 12.1. The Morgan fingerprint density at radius 1 is 1.56 bits per heavy atom. The Kier molecular flexibility index (Phi) is 3.57. The van der Waals surface area contributed by atoms with Gasteiger partial charge in [-0.1, -0.05) is 0 Å². The molecule has 1 amide bonds. The number of carbonyl (C=O) groups is 1. The van der Waals surface area contributed by atoms with Crippen LogP contribution in [0.15, 0.2) is 29.8 Å². The van der Waals surface area contributed by atoms with Crippen LogP contribution in [-0.4, -0.2) is 16.0 Å². The van der Waals surface area contributed by atoms with Crippen molar-refractivity contribution in [3.05, 3.63) is 46.2 Å². The van der Waals surface area contributed by atoms with Crippen LogP contribution < -0.4 is 5.32 Å². The third-order valence-corrected chi connectivity index (χ3v) is 3.33. The molecule has 2 N–H and O–H groups in total. The number of hydrogen-bond acceptors (Lipinski definition) is 4. The number of rotatable bonds is 3. The summed E-state index contributed by atoms with van der Waals surface area (Å²) in [5.41, 5.74) is 0.0415. The van der Waals surface area contributed by atoms with Gasteiger partial charge in [-0.15, -0.1) is 11.3 Å². The van der Waals surface area contributed by atoms with E-state index in [2.05, 4.69) is 10.3 Å². The number of phenols is 1. The first-order valence-electron chi connectivity index (χ1n) is 5.26. The van der Waals surface area contributed by atoms with Gasteiger partial charge in [-0.3, -0.25) is 4.79 Å². The minimum atomic E-state index is -0.586. The molecule has 1 heterocycles. The number of phenolic OH excluding ortho intramolecular Hbond substituents is 1. The zero-order chi connectivity index (χ0) is 13.1. The molecule has 2 aromatic rings. The lowest BCUT2D eigenvalue weighted by Crippen LogP contribution is -2.26. The van der Waals surface area contributed by atoms with Crippen molar-refractivity contribution in [1.82, 2.24) is 10.3 Å². The molecule has 1 atom stereocenters. The summed E-state index contributed by atoms with van der Waals surface area (Å²) in [6.45, 7) is 1.79. The molecule has 0 saturated carbocycles. The Bertz CT molecular complexity index is 557. The molecule has 1 unspecified atom stereocenters. The Balaban J connectivity index is 2.12. The topological polar surface area (TPSA) is 62.2 Å². The highest BCUT2D eigenvalue weighted by Gasteiger charge is 2.16. The van der Waals surface area contributed by atoms with Gasteiger partial charge < -0.3 is 10.4 Å². The molecule has 0 aliphatic rings. The van der Waals surface area contributed by atoms with Crippen LogP contribution in [0.2, 0.25) is 0 Å². The molecule has 0 aliphatic carbocycles. The van der Waals surface area contributed by atoms with E-state index < -0.39 is 11.7 Å². The molecular formula is C12H11FN2O2S.